The molecule has 0 atom stereocenters. The molecule has 2 aromatic carbocycles. The number of anilines is 1. The molecule has 1 saturated heterocycles. The van der Waals surface area contributed by atoms with Crippen LogP contribution in [0.3, 0.4) is 0 Å². The van der Waals surface area contributed by atoms with Gasteiger partial charge in [0.1, 0.15) is 11.5 Å². The van der Waals surface area contributed by atoms with E-state index in [4.69, 9.17) is 9.47 Å². The van der Waals surface area contributed by atoms with Crippen molar-refractivity contribution in [1.82, 2.24) is 10.2 Å². The molecule has 2 aromatic rings. The Hall–Kier alpha value is -2.89. The first-order valence-corrected chi connectivity index (χ1v) is 9.21. The van der Waals surface area contributed by atoms with Gasteiger partial charge in [0.2, 0.25) is 0 Å². The highest BCUT2D eigenvalue weighted by molar-refractivity contribution is 5.80. The molecule has 1 fully saturated rings. The molecule has 1 heterocycles. The van der Waals surface area contributed by atoms with Gasteiger partial charge < -0.3 is 24.6 Å². The van der Waals surface area contributed by atoms with Crippen molar-refractivity contribution < 1.29 is 9.47 Å². The van der Waals surface area contributed by atoms with E-state index in [1.807, 2.05) is 37.4 Å². The number of hydrogen-bond acceptors (Lipinski definition) is 4. The largest absolute Gasteiger partial charge is 0.497 e. The molecule has 1 aliphatic rings. The maximum Gasteiger partial charge on any atom is 0.194 e. The van der Waals surface area contributed by atoms with Crippen LogP contribution in [0.5, 0.6) is 11.5 Å². The number of nitrogens with zero attached hydrogens (tertiary/aromatic N) is 3. The molecule has 0 aromatic heterocycles. The van der Waals surface area contributed by atoms with Gasteiger partial charge in [-0.2, -0.15) is 0 Å². The minimum Gasteiger partial charge on any atom is -0.497 e. The summed E-state index contributed by atoms with van der Waals surface area (Å²) in [7, 11) is 5.24. The fraction of sp³-hybridized carbons (Fsp3) is 0.381. The fourth-order valence-corrected chi connectivity index (χ4v) is 3.34. The summed E-state index contributed by atoms with van der Waals surface area (Å²) in [6, 6.07) is 16.3. The average Bonchev–Trinajstić information content (AvgIpc) is 2.75. The molecule has 6 nitrogen and oxygen atoms in total. The quantitative estimate of drug-likeness (QED) is 0.649. The zero-order valence-electron chi connectivity index (χ0n) is 16.3. The van der Waals surface area contributed by atoms with Gasteiger partial charge >= 0.3 is 0 Å². The Morgan fingerprint density at radius 3 is 2.48 bits per heavy atom. The maximum absolute atomic E-state index is 5.43. The number of rotatable bonds is 5. The van der Waals surface area contributed by atoms with Crippen molar-refractivity contribution in [3.05, 3.63) is 54.1 Å². The Balaban J connectivity index is 1.57. The standard InChI is InChI=1S/C21H28N4O2/c1-22-21(23-16-17-7-4-5-10-20(17)27-3)25-13-11-24(12-14-25)18-8-6-9-19(15-18)26-2/h4-10,15H,11-14,16H2,1-3H3,(H,22,23). The number of nitrogens with one attached hydrogen (secondary N) is 1. The SMILES string of the molecule is CN=C(NCc1ccccc1OC)N1CCN(c2cccc(OC)c2)CC1. The first kappa shape index (κ1) is 18.9. The summed E-state index contributed by atoms with van der Waals surface area (Å²) in [6.45, 7) is 4.42. The normalized spacial score (nSPS) is 14.9. The molecule has 1 N–H and O–H groups in total. The third kappa shape index (κ3) is 4.64. The second-order valence-electron chi connectivity index (χ2n) is 6.39. The summed E-state index contributed by atoms with van der Waals surface area (Å²) in [5, 5.41) is 3.46. The zero-order valence-corrected chi connectivity index (χ0v) is 16.3. The Kier molecular flexibility index (Phi) is 6.41. The molecule has 0 saturated carbocycles. The summed E-state index contributed by atoms with van der Waals surface area (Å²) >= 11 is 0. The molecule has 0 radical (unpaired) electrons. The Morgan fingerprint density at radius 2 is 1.78 bits per heavy atom. The van der Waals surface area contributed by atoms with Crippen molar-refractivity contribution in [2.45, 2.75) is 6.54 Å². The van der Waals surface area contributed by atoms with Crippen molar-refractivity contribution in [2.75, 3.05) is 52.3 Å². The molecule has 0 spiro atoms. The van der Waals surface area contributed by atoms with E-state index >= 15 is 0 Å². The maximum atomic E-state index is 5.43. The lowest BCUT2D eigenvalue weighted by Crippen LogP contribution is -2.52. The van der Waals surface area contributed by atoms with Gasteiger partial charge in [-0.25, -0.2) is 0 Å². The Bertz CT molecular complexity index is 770. The van der Waals surface area contributed by atoms with Crippen LogP contribution >= 0.6 is 0 Å². The lowest BCUT2D eigenvalue weighted by atomic mass is 10.2. The van der Waals surface area contributed by atoms with E-state index < -0.39 is 0 Å². The first-order chi connectivity index (χ1) is 13.2. The topological polar surface area (TPSA) is 49.3 Å². The van der Waals surface area contributed by atoms with Crippen LogP contribution in [-0.4, -0.2) is 58.3 Å². The van der Waals surface area contributed by atoms with Crippen molar-refractivity contribution in [3.8, 4) is 11.5 Å². The van der Waals surface area contributed by atoms with E-state index in [9.17, 15) is 0 Å². The predicted molar refractivity (Wildman–Crippen MR) is 110 cm³/mol. The average molecular weight is 368 g/mol. The van der Waals surface area contributed by atoms with Gasteiger partial charge in [0, 0.05) is 57.1 Å². The van der Waals surface area contributed by atoms with Crippen molar-refractivity contribution in [1.29, 1.82) is 0 Å². The third-order valence-electron chi connectivity index (χ3n) is 4.84. The van der Waals surface area contributed by atoms with Crippen LogP contribution in [0.2, 0.25) is 0 Å². The lowest BCUT2D eigenvalue weighted by molar-refractivity contribution is 0.370. The van der Waals surface area contributed by atoms with E-state index in [2.05, 4.69) is 38.3 Å². The molecule has 0 unspecified atom stereocenters. The van der Waals surface area contributed by atoms with E-state index in [1.165, 1.54) is 5.69 Å². The van der Waals surface area contributed by atoms with Crippen LogP contribution in [0.25, 0.3) is 0 Å². The van der Waals surface area contributed by atoms with Crippen LogP contribution in [0.15, 0.2) is 53.5 Å². The minimum atomic E-state index is 0.687. The highest BCUT2D eigenvalue weighted by Crippen LogP contribution is 2.22. The Labute approximate surface area is 161 Å². The Morgan fingerprint density at radius 1 is 1.00 bits per heavy atom. The number of aliphatic imine (C=N–C) groups is 1. The number of piperazine rings is 1. The van der Waals surface area contributed by atoms with E-state index in [1.54, 1.807) is 14.2 Å². The molecule has 3 rings (SSSR count). The minimum absolute atomic E-state index is 0.687. The summed E-state index contributed by atoms with van der Waals surface area (Å²) in [5.74, 6) is 2.71. The number of benzene rings is 2. The highest BCUT2D eigenvalue weighted by atomic mass is 16.5. The molecule has 0 amide bonds. The van der Waals surface area contributed by atoms with Gasteiger partial charge in [-0.05, 0) is 18.2 Å². The van der Waals surface area contributed by atoms with Crippen LogP contribution in [0.1, 0.15) is 5.56 Å². The second-order valence-corrected chi connectivity index (χ2v) is 6.39. The van der Waals surface area contributed by atoms with Crippen LogP contribution < -0.4 is 19.7 Å². The fourth-order valence-electron chi connectivity index (χ4n) is 3.34. The van der Waals surface area contributed by atoms with Gasteiger partial charge in [-0.15, -0.1) is 0 Å². The molecule has 144 valence electrons. The smallest absolute Gasteiger partial charge is 0.194 e. The number of methoxy groups -OCH3 is 2. The summed E-state index contributed by atoms with van der Waals surface area (Å²) in [4.78, 5) is 9.14. The molecular weight excluding hydrogens is 340 g/mol. The van der Waals surface area contributed by atoms with Crippen molar-refractivity contribution in [3.63, 3.8) is 0 Å². The van der Waals surface area contributed by atoms with Gasteiger partial charge in [0.15, 0.2) is 5.96 Å². The molecule has 27 heavy (non-hydrogen) atoms. The molecular formula is C21H28N4O2. The first-order valence-electron chi connectivity index (χ1n) is 9.21. The van der Waals surface area contributed by atoms with Crippen molar-refractivity contribution in [2.24, 2.45) is 4.99 Å². The van der Waals surface area contributed by atoms with E-state index in [-0.39, 0.29) is 0 Å². The van der Waals surface area contributed by atoms with Crippen molar-refractivity contribution >= 4 is 11.6 Å². The van der Waals surface area contributed by atoms with Crippen LogP contribution in [0, 0.1) is 0 Å². The predicted octanol–water partition coefficient (Wildman–Crippen LogP) is 2.60. The number of hydrogen-bond donors (Lipinski definition) is 1. The molecule has 1 aliphatic heterocycles. The van der Waals surface area contributed by atoms with Gasteiger partial charge in [0.05, 0.1) is 14.2 Å². The number of guanidine groups is 1. The van der Waals surface area contributed by atoms with E-state index in [0.717, 1.165) is 49.2 Å². The summed E-state index contributed by atoms with van der Waals surface area (Å²) < 4.78 is 10.8. The van der Waals surface area contributed by atoms with Gasteiger partial charge in [-0.3, -0.25) is 4.99 Å². The van der Waals surface area contributed by atoms with Crippen LogP contribution in [-0.2, 0) is 6.54 Å². The zero-order chi connectivity index (χ0) is 19.1. The second kappa shape index (κ2) is 9.16. The number of para-hydroxylation sites is 1. The van der Waals surface area contributed by atoms with E-state index in [0.29, 0.717) is 6.54 Å². The summed E-state index contributed by atoms with van der Waals surface area (Å²) in [6.07, 6.45) is 0. The molecule has 6 heteroatoms. The molecule has 0 aliphatic carbocycles. The lowest BCUT2D eigenvalue weighted by Gasteiger charge is -2.37. The summed E-state index contributed by atoms with van der Waals surface area (Å²) in [5.41, 5.74) is 2.32. The highest BCUT2D eigenvalue weighted by Gasteiger charge is 2.20. The number of ether oxygens (including phenoxy) is 2. The molecule has 0 bridgehead atoms. The van der Waals surface area contributed by atoms with Crippen LogP contribution in [0.4, 0.5) is 5.69 Å². The third-order valence-corrected chi connectivity index (χ3v) is 4.84. The van der Waals surface area contributed by atoms with Gasteiger partial charge in [-0.1, -0.05) is 24.3 Å². The van der Waals surface area contributed by atoms with Gasteiger partial charge in [0.25, 0.3) is 0 Å². The monoisotopic (exact) mass is 368 g/mol.